The number of rotatable bonds is 6. The molecule has 0 atom stereocenters. The molecule has 1 aliphatic carbocycles. The molecule has 0 heterocycles. The summed E-state index contributed by atoms with van der Waals surface area (Å²) in [5.74, 6) is 0.00218. The Bertz CT molecular complexity index is 184. The first-order chi connectivity index (χ1) is 6.75. The lowest BCUT2D eigenvalue weighted by molar-refractivity contribution is -0.139. The average molecular weight is 201 g/mol. The summed E-state index contributed by atoms with van der Waals surface area (Å²) in [5.41, 5.74) is -0.465. The number of aliphatic hydroxyl groups is 1. The van der Waals surface area contributed by atoms with E-state index in [1.165, 1.54) is 0 Å². The van der Waals surface area contributed by atoms with Gasteiger partial charge in [0, 0.05) is 20.3 Å². The van der Waals surface area contributed by atoms with Crippen LogP contribution in [0.4, 0.5) is 0 Å². The van der Waals surface area contributed by atoms with Crippen molar-refractivity contribution in [3.8, 4) is 0 Å². The Hall–Kier alpha value is -0.610. The van der Waals surface area contributed by atoms with Gasteiger partial charge in [0.05, 0.1) is 12.0 Å². The van der Waals surface area contributed by atoms with Crippen LogP contribution in [0.1, 0.15) is 25.7 Å². The Morgan fingerprint density at radius 3 is 2.71 bits per heavy atom. The first-order valence-corrected chi connectivity index (χ1v) is 5.13. The maximum absolute atomic E-state index is 11.6. The fourth-order valence-electron chi connectivity index (χ4n) is 1.67. The Morgan fingerprint density at radius 2 is 2.29 bits per heavy atom. The summed E-state index contributed by atoms with van der Waals surface area (Å²) in [6, 6.07) is 0. The summed E-state index contributed by atoms with van der Waals surface area (Å²) in [5, 5.41) is 12.0. The fourth-order valence-corrected chi connectivity index (χ4v) is 1.67. The smallest absolute Gasteiger partial charge is 0.228 e. The molecule has 0 spiro atoms. The van der Waals surface area contributed by atoms with Crippen LogP contribution in [0.25, 0.3) is 0 Å². The van der Waals surface area contributed by atoms with Crippen molar-refractivity contribution in [2.75, 3.05) is 26.9 Å². The van der Waals surface area contributed by atoms with Crippen LogP contribution in [0, 0.1) is 5.41 Å². The highest BCUT2D eigenvalue weighted by molar-refractivity contribution is 5.83. The molecular weight excluding hydrogens is 182 g/mol. The molecule has 1 saturated carbocycles. The number of methoxy groups -OCH3 is 1. The van der Waals surface area contributed by atoms with Crippen LogP contribution in [0.15, 0.2) is 0 Å². The quantitative estimate of drug-likeness (QED) is 0.608. The molecule has 0 aliphatic heterocycles. The second kappa shape index (κ2) is 5.32. The van der Waals surface area contributed by atoms with Crippen LogP contribution in [-0.4, -0.2) is 37.9 Å². The summed E-state index contributed by atoms with van der Waals surface area (Å²) in [6.07, 6.45) is 3.51. The topological polar surface area (TPSA) is 58.6 Å². The molecule has 0 aromatic heterocycles. The number of hydrogen-bond acceptors (Lipinski definition) is 3. The lowest BCUT2D eigenvalue weighted by atomic mass is 9.68. The van der Waals surface area contributed by atoms with Crippen molar-refractivity contribution in [1.29, 1.82) is 0 Å². The van der Waals surface area contributed by atoms with Crippen molar-refractivity contribution in [1.82, 2.24) is 5.32 Å². The summed E-state index contributed by atoms with van der Waals surface area (Å²) >= 11 is 0. The number of nitrogens with one attached hydrogen (secondary N) is 1. The Labute approximate surface area is 84.6 Å². The van der Waals surface area contributed by atoms with Crippen molar-refractivity contribution < 1.29 is 14.6 Å². The van der Waals surface area contributed by atoms with Gasteiger partial charge in [0.15, 0.2) is 0 Å². The molecule has 0 aromatic rings. The fraction of sp³-hybridized carbons (Fsp3) is 0.900. The van der Waals surface area contributed by atoms with Crippen LogP contribution in [0.2, 0.25) is 0 Å². The zero-order valence-corrected chi connectivity index (χ0v) is 8.71. The molecule has 14 heavy (non-hydrogen) atoms. The standard InChI is InChI=1S/C10H19NO3/c1-14-7-3-6-11-9(13)10(8-12)4-2-5-10/h12H,2-8H2,1H3,(H,11,13). The number of carbonyl (C=O) groups is 1. The predicted octanol–water partition coefficient (Wildman–Crippen LogP) is 0.302. The van der Waals surface area contributed by atoms with Gasteiger partial charge in [-0.3, -0.25) is 4.79 Å². The van der Waals surface area contributed by atoms with Gasteiger partial charge in [-0.05, 0) is 19.3 Å². The van der Waals surface area contributed by atoms with Gasteiger partial charge in [-0.1, -0.05) is 6.42 Å². The molecule has 0 bridgehead atoms. The molecule has 0 radical (unpaired) electrons. The van der Waals surface area contributed by atoms with Gasteiger partial charge in [-0.25, -0.2) is 0 Å². The van der Waals surface area contributed by atoms with Gasteiger partial charge >= 0.3 is 0 Å². The van der Waals surface area contributed by atoms with Crippen LogP contribution >= 0.6 is 0 Å². The largest absolute Gasteiger partial charge is 0.395 e. The third kappa shape index (κ3) is 2.45. The highest BCUT2D eigenvalue weighted by atomic mass is 16.5. The monoisotopic (exact) mass is 201 g/mol. The molecular formula is C10H19NO3. The van der Waals surface area contributed by atoms with E-state index in [4.69, 9.17) is 9.84 Å². The Balaban J connectivity index is 2.20. The Kier molecular flexibility index (Phi) is 4.35. The van der Waals surface area contributed by atoms with E-state index in [0.717, 1.165) is 25.7 Å². The van der Waals surface area contributed by atoms with Crippen LogP contribution in [-0.2, 0) is 9.53 Å². The molecule has 0 unspecified atom stereocenters. The first-order valence-electron chi connectivity index (χ1n) is 5.13. The van der Waals surface area contributed by atoms with Gasteiger partial charge in [0.25, 0.3) is 0 Å². The van der Waals surface area contributed by atoms with E-state index >= 15 is 0 Å². The van der Waals surface area contributed by atoms with Crippen molar-refractivity contribution in [2.45, 2.75) is 25.7 Å². The molecule has 1 fully saturated rings. The second-order valence-electron chi connectivity index (χ2n) is 3.89. The lowest BCUT2D eigenvalue weighted by Crippen LogP contribution is -2.48. The minimum absolute atomic E-state index is 0.00218. The van der Waals surface area contributed by atoms with E-state index in [2.05, 4.69) is 5.32 Å². The van der Waals surface area contributed by atoms with E-state index < -0.39 is 5.41 Å². The molecule has 4 heteroatoms. The van der Waals surface area contributed by atoms with E-state index in [1.807, 2.05) is 0 Å². The summed E-state index contributed by atoms with van der Waals surface area (Å²) < 4.78 is 4.88. The molecule has 4 nitrogen and oxygen atoms in total. The predicted molar refractivity (Wildman–Crippen MR) is 52.9 cm³/mol. The van der Waals surface area contributed by atoms with Crippen molar-refractivity contribution >= 4 is 5.91 Å². The van der Waals surface area contributed by atoms with Crippen LogP contribution in [0.5, 0.6) is 0 Å². The first kappa shape index (κ1) is 11.5. The van der Waals surface area contributed by atoms with Crippen molar-refractivity contribution in [2.24, 2.45) is 5.41 Å². The lowest BCUT2D eigenvalue weighted by Gasteiger charge is -2.38. The highest BCUT2D eigenvalue weighted by Gasteiger charge is 2.43. The number of ether oxygens (including phenoxy) is 1. The normalized spacial score (nSPS) is 18.7. The highest BCUT2D eigenvalue weighted by Crippen LogP contribution is 2.40. The van der Waals surface area contributed by atoms with Crippen molar-refractivity contribution in [3.05, 3.63) is 0 Å². The number of aliphatic hydroxyl groups excluding tert-OH is 1. The Morgan fingerprint density at radius 1 is 1.57 bits per heavy atom. The number of amides is 1. The minimum atomic E-state index is -0.465. The van der Waals surface area contributed by atoms with Gasteiger partial charge in [0.2, 0.25) is 5.91 Å². The van der Waals surface area contributed by atoms with Crippen LogP contribution < -0.4 is 5.32 Å². The zero-order valence-electron chi connectivity index (χ0n) is 8.71. The SMILES string of the molecule is COCCCNC(=O)C1(CO)CCC1. The molecule has 1 rings (SSSR count). The van der Waals surface area contributed by atoms with Crippen molar-refractivity contribution in [3.63, 3.8) is 0 Å². The zero-order chi connectivity index (χ0) is 10.4. The third-order valence-electron chi connectivity index (χ3n) is 2.91. The van der Waals surface area contributed by atoms with Crippen LogP contribution in [0.3, 0.4) is 0 Å². The molecule has 1 aliphatic rings. The van der Waals surface area contributed by atoms with E-state index in [1.54, 1.807) is 7.11 Å². The summed E-state index contributed by atoms with van der Waals surface area (Å²) in [6.45, 7) is 1.27. The molecule has 0 aromatic carbocycles. The average Bonchev–Trinajstić information content (AvgIpc) is 2.12. The minimum Gasteiger partial charge on any atom is -0.395 e. The molecule has 1 amide bonds. The van der Waals surface area contributed by atoms with E-state index in [0.29, 0.717) is 13.2 Å². The molecule has 2 N–H and O–H groups in total. The third-order valence-corrected chi connectivity index (χ3v) is 2.91. The van der Waals surface area contributed by atoms with E-state index in [-0.39, 0.29) is 12.5 Å². The summed E-state index contributed by atoms with van der Waals surface area (Å²) in [7, 11) is 1.64. The molecule has 82 valence electrons. The number of carbonyl (C=O) groups excluding carboxylic acids is 1. The van der Waals surface area contributed by atoms with Gasteiger partial charge in [-0.2, -0.15) is 0 Å². The van der Waals surface area contributed by atoms with E-state index in [9.17, 15) is 4.79 Å². The van der Waals surface area contributed by atoms with Gasteiger partial charge < -0.3 is 15.2 Å². The maximum Gasteiger partial charge on any atom is 0.228 e. The maximum atomic E-state index is 11.6. The van der Waals surface area contributed by atoms with Gasteiger partial charge in [-0.15, -0.1) is 0 Å². The second-order valence-corrected chi connectivity index (χ2v) is 3.89. The molecule has 0 saturated heterocycles. The summed E-state index contributed by atoms with van der Waals surface area (Å²) in [4.78, 5) is 11.6. The number of hydrogen-bond donors (Lipinski definition) is 2. The van der Waals surface area contributed by atoms with Gasteiger partial charge in [0.1, 0.15) is 0 Å².